The zero-order valence-corrected chi connectivity index (χ0v) is 14.6. The number of likely N-dealkylation sites (tertiary alicyclic amines) is 2. The number of hydrogen-bond acceptors (Lipinski definition) is 4. The van der Waals surface area contributed by atoms with E-state index >= 15 is 0 Å². The Labute approximate surface area is 139 Å². The van der Waals surface area contributed by atoms with Crippen LogP contribution in [-0.4, -0.2) is 77.0 Å². The second-order valence-corrected chi connectivity index (χ2v) is 7.19. The number of hydrogen-bond donors (Lipinski definition) is 0. The van der Waals surface area contributed by atoms with Crippen LogP contribution >= 0.6 is 0 Å². The summed E-state index contributed by atoms with van der Waals surface area (Å²) in [5, 5.41) is 0. The predicted octanol–water partition coefficient (Wildman–Crippen LogP) is 0.967. The van der Waals surface area contributed by atoms with Gasteiger partial charge in [0.1, 0.15) is 0 Å². The largest absolute Gasteiger partial charge is 0.341 e. The third-order valence-electron chi connectivity index (χ3n) is 5.32. The highest BCUT2D eigenvalue weighted by Crippen LogP contribution is 2.35. The van der Waals surface area contributed by atoms with E-state index in [1.54, 1.807) is 0 Å². The fraction of sp³-hybridized carbons (Fsp3) is 0.765. The van der Waals surface area contributed by atoms with E-state index < -0.39 is 0 Å². The first kappa shape index (κ1) is 16.5. The molecule has 2 aliphatic rings. The second kappa shape index (κ2) is 7.01. The van der Waals surface area contributed by atoms with Crippen molar-refractivity contribution in [2.45, 2.75) is 25.3 Å². The van der Waals surface area contributed by atoms with Crippen LogP contribution in [0.15, 0.2) is 12.5 Å². The average molecular weight is 319 g/mol. The lowest BCUT2D eigenvalue weighted by atomic mass is 9.87. The van der Waals surface area contributed by atoms with Crippen LogP contribution in [-0.2, 0) is 11.8 Å². The van der Waals surface area contributed by atoms with Gasteiger partial charge in [0, 0.05) is 32.9 Å². The Morgan fingerprint density at radius 3 is 2.70 bits per heavy atom. The lowest BCUT2D eigenvalue weighted by Crippen LogP contribution is -2.48. The number of nitrogens with zero attached hydrogens (tertiary/aromatic N) is 5. The first-order chi connectivity index (χ1) is 11.1. The van der Waals surface area contributed by atoms with E-state index in [2.05, 4.69) is 40.5 Å². The molecule has 2 fully saturated rings. The molecule has 0 aliphatic carbocycles. The molecule has 6 heteroatoms. The standard InChI is InChI=1S/C17H29N5O/c1-19(12-16(23)22-8-5-9-22)11-14-6-4-7-20(2)17(14)15-10-18-13-21(15)3/h10,13-14,17H,4-9,11-12H2,1-3H3/t14-,17+/m0/s1. The number of piperidine rings is 1. The monoisotopic (exact) mass is 319 g/mol. The van der Waals surface area contributed by atoms with Crippen molar-refractivity contribution >= 4 is 5.91 Å². The molecule has 0 spiro atoms. The number of likely N-dealkylation sites (N-methyl/N-ethyl adjacent to an activating group) is 1. The number of imidazole rings is 1. The minimum Gasteiger partial charge on any atom is -0.341 e. The van der Waals surface area contributed by atoms with Crippen LogP contribution in [0.5, 0.6) is 0 Å². The van der Waals surface area contributed by atoms with Gasteiger partial charge in [-0.05, 0) is 45.8 Å². The summed E-state index contributed by atoms with van der Waals surface area (Å²) in [6.07, 6.45) is 7.47. The molecule has 1 aromatic heterocycles. The first-order valence-corrected chi connectivity index (χ1v) is 8.69. The molecule has 23 heavy (non-hydrogen) atoms. The molecule has 2 aliphatic heterocycles. The number of carbonyl (C=O) groups is 1. The van der Waals surface area contributed by atoms with E-state index in [1.807, 2.05) is 17.4 Å². The summed E-state index contributed by atoms with van der Waals surface area (Å²) in [7, 11) is 6.35. The quantitative estimate of drug-likeness (QED) is 0.811. The van der Waals surface area contributed by atoms with Crippen LogP contribution in [0.4, 0.5) is 0 Å². The summed E-state index contributed by atoms with van der Waals surface area (Å²) >= 11 is 0. The Bertz CT molecular complexity index is 539. The third-order valence-corrected chi connectivity index (χ3v) is 5.32. The van der Waals surface area contributed by atoms with Gasteiger partial charge in [0.25, 0.3) is 0 Å². The van der Waals surface area contributed by atoms with E-state index in [9.17, 15) is 4.79 Å². The number of carbonyl (C=O) groups excluding carboxylic acids is 1. The zero-order valence-electron chi connectivity index (χ0n) is 14.6. The topological polar surface area (TPSA) is 44.6 Å². The highest BCUT2D eigenvalue weighted by atomic mass is 16.2. The fourth-order valence-electron chi connectivity index (χ4n) is 3.93. The zero-order chi connectivity index (χ0) is 16.4. The van der Waals surface area contributed by atoms with Crippen LogP contribution in [0.3, 0.4) is 0 Å². The van der Waals surface area contributed by atoms with Gasteiger partial charge in [-0.1, -0.05) is 0 Å². The lowest BCUT2D eigenvalue weighted by molar-refractivity contribution is -0.135. The highest BCUT2D eigenvalue weighted by molar-refractivity contribution is 5.78. The summed E-state index contributed by atoms with van der Waals surface area (Å²) in [5.74, 6) is 0.818. The van der Waals surface area contributed by atoms with Gasteiger partial charge in [0.2, 0.25) is 5.91 Å². The molecule has 0 radical (unpaired) electrons. The molecule has 1 aromatic rings. The molecule has 6 nitrogen and oxygen atoms in total. The van der Waals surface area contributed by atoms with E-state index in [0.717, 1.165) is 32.6 Å². The van der Waals surface area contributed by atoms with Crippen molar-refractivity contribution in [3.63, 3.8) is 0 Å². The Balaban J connectivity index is 1.64. The van der Waals surface area contributed by atoms with Gasteiger partial charge in [0.05, 0.1) is 24.6 Å². The minimum absolute atomic E-state index is 0.278. The van der Waals surface area contributed by atoms with Gasteiger partial charge in [0.15, 0.2) is 0 Å². The Kier molecular flexibility index (Phi) is 5.02. The van der Waals surface area contributed by atoms with Crippen molar-refractivity contribution in [1.82, 2.24) is 24.3 Å². The third kappa shape index (κ3) is 3.58. The smallest absolute Gasteiger partial charge is 0.236 e. The van der Waals surface area contributed by atoms with Crippen molar-refractivity contribution in [2.24, 2.45) is 13.0 Å². The molecule has 2 atom stereocenters. The molecule has 0 bridgehead atoms. The van der Waals surface area contributed by atoms with Gasteiger partial charge in [-0.15, -0.1) is 0 Å². The van der Waals surface area contributed by atoms with Crippen LogP contribution in [0.25, 0.3) is 0 Å². The Hall–Kier alpha value is -1.40. The van der Waals surface area contributed by atoms with Crippen LogP contribution in [0.1, 0.15) is 31.0 Å². The molecule has 3 rings (SSSR count). The van der Waals surface area contributed by atoms with E-state index in [-0.39, 0.29) is 5.91 Å². The summed E-state index contributed by atoms with van der Waals surface area (Å²) in [4.78, 5) is 23.1. The van der Waals surface area contributed by atoms with Crippen molar-refractivity contribution in [3.8, 4) is 0 Å². The van der Waals surface area contributed by atoms with Crippen LogP contribution in [0, 0.1) is 5.92 Å². The van der Waals surface area contributed by atoms with Crippen molar-refractivity contribution in [1.29, 1.82) is 0 Å². The Morgan fingerprint density at radius 2 is 2.09 bits per heavy atom. The molecule has 0 N–H and O–H groups in total. The normalized spacial score (nSPS) is 25.7. The number of amides is 1. The molecule has 2 saturated heterocycles. The predicted molar refractivity (Wildman–Crippen MR) is 90.0 cm³/mol. The summed E-state index contributed by atoms with van der Waals surface area (Å²) in [6.45, 7) is 4.51. The molecule has 0 unspecified atom stereocenters. The molecule has 0 aromatic carbocycles. The summed E-state index contributed by atoms with van der Waals surface area (Å²) in [6, 6.07) is 0.387. The second-order valence-electron chi connectivity index (χ2n) is 7.19. The SMILES string of the molecule is CN(CC(=O)N1CCC1)C[C@@H]1CCCN(C)[C@H]1c1cncn1C. The maximum atomic E-state index is 12.2. The van der Waals surface area contributed by atoms with Gasteiger partial charge in [-0.25, -0.2) is 4.98 Å². The van der Waals surface area contributed by atoms with Crippen LogP contribution < -0.4 is 0 Å². The van der Waals surface area contributed by atoms with Crippen molar-refractivity contribution in [2.75, 3.05) is 46.8 Å². The van der Waals surface area contributed by atoms with Crippen molar-refractivity contribution in [3.05, 3.63) is 18.2 Å². The minimum atomic E-state index is 0.278. The van der Waals surface area contributed by atoms with E-state index in [0.29, 0.717) is 18.5 Å². The molecular formula is C17H29N5O. The molecule has 3 heterocycles. The average Bonchev–Trinajstić information content (AvgIpc) is 2.82. The van der Waals surface area contributed by atoms with Gasteiger partial charge < -0.3 is 9.47 Å². The van der Waals surface area contributed by atoms with Crippen LogP contribution in [0.2, 0.25) is 0 Å². The molecule has 1 amide bonds. The number of aryl methyl sites for hydroxylation is 1. The molecule has 0 saturated carbocycles. The number of rotatable bonds is 5. The maximum Gasteiger partial charge on any atom is 0.236 e. The lowest BCUT2D eigenvalue weighted by Gasteiger charge is -2.41. The first-order valence-electron chi connectivity index (χ1n) is 8.69. The number of aromatic nitrogens is 2. The van der Waals surface area contributed by atoms with Gasteiger partial charge >= 0.3 is 0 Å². The van der Waals surface area contributed by atoms with Gasteiger partial charge in [-0.2, -0.15) is 0 Å². The maximum absolute atomic E-state index is 12.2. The molecule has 128 valence electrons. The van der Waals surface area contributed by atoms with Gasteiger partial charge in [-0.3, -0.25) is 14.6 Å². The highest BCUT2D eigenvalue weighted by Gasteiger charge is 2.33. The van der Waals surface area contributed by atoms with E-state index in [4.69, 9.17) is 0 Å². The fourth-order valence-corrected chi connectivity index (χ4v) is 3.93. The Morgan fingerprint density at radius 1 is 1.30 bits per heavy atom. The van der Waals surface area contributed by atoms with Crippen molar-refractivity contribution < 1.29 is 4.79 Å². The summed E-state index contributed by atoms with van der Waals surface area (Å²) in [5.41, 5.74) is 1.28. The van der Waals surface area contributed by atoms with E-state index in [1.165, 1.54) is 18.5 Å². The molecular weight excluding hydrogens is 290 g/mol. The summed E-state index contributed by atoms with van der Waals surface area (Å²) < 4.78 is 2.13.